The number of aromatic nitrogens is 4. The fraction of sp³-hybridized carbons (Fsp3) is 0.643. The number of imidazole rings is 1. The van der Waals surface area contributed by atoms with Crippen molar-refractivity contribution in [2.24, 2.45) is 5.92 Å². The van der Waals surface area contributed by atoms with Crippen molar-refractivity contribution < 1.29 is 14.9 Å². The summed E-state index contributed by atoms with van der Waals surface area (Å²) in [4.78, 5) is 15.2. The number of hydrogen-bond donors (Lipinski definition) is 2. The topological polar surface area (TPSA) is 96.5 Å². The Bertz CT molecular complexity index is 632. The maximum Gasteiger partial charge on any atom is 0.165 e. The summed E-state index contributed by atoms with van der Waals surface area (Å²) in [6, 6.07) is 0. The Morgan fingerprint density at radius 2 is 2.27 bits per heavy atom. The van der Waals surface area contributed by atoms with Crippen molar-refractivity contribution in [3.63, 3.8) is 0 Å². The summed E-state index contributed by atoms with van der Waals surface area (Å²) in [5, 5.41) is 18.6. The van der Waals surface area contributed by atoms with E-state index in [-0.39, 0.29) is 13.2 Å². The van der Waals surface area contributed by atoms with Crippen molar-refractivity contribution in [3.05, 3.63) is 12.7 Å². The van der Waals surface area contributed by atoms with Gasteiger partial charge in [-0.1, -0.05) is 0 Å². The molecule has 0 aromatic carbocycles. The highest BCUT2D eigenvalue weighted by Crippen LogP contribution is 2.27. The molecule has 3 rings (SSSR count). The highest BCUT2D eigenvalue weighted by Gasteiger charge is 2.26. The first-order chi connectivity index (χ1) is 10.7. The lowest BCUT2D eigenvalue weighted by Gasteiger charge is -2.17. The molecule has 0 spiro atoms. The zero-order valence-corrected chi connectivity index (χ0v) is 12.6. The molecule has 1 saturated heterocycles. The van der Waals surface area contributed by atoms with E-state index >= 15 is 0 Å². The van der Waals surface area contributed by atoms with E-state index < -0.39 is 6.10 Å². The lowest BCUT2D eigenvalue weighted by Crippen LogP contribution is -2.22. The van der Waals surface area contributed by atoms with Crippen molar-refractivity contribution in [1.82, 2.24) is 19.5 Å². The molecule has 1 aliphatic rings. The normalized spacial score (nSPS) is 20.0. The Kier molecular flexibility index (Phi) is 4.51. The molecule has 0 radical (unpaired) electrons. The third-order valence-electron chi connectivity index (χ3n) is 3.99. The third-order valence-corrected chi connectivity index (χ3v) is 3.99. The van der Waals surface area contributed by atoms with Crippen LogP contribution in [0.5, 0.6) is 0 Å². The number of nitrogens with zero attached hydrogens (tertiary/aromatic N) is 5. The van der Waals surface area contributed by atoms with Gasteiger partial charge < -0.3 is 24.4 Å². The average Bonchev–Trinajstić information content (AvgIpc) is 3.15. The van der Waals surface area contributed by atoms with Gasteiger partial charge in [-0.2, -0.15) is 0 Å². The number of rotatable bonds is 6. The van der Waals surface area contributed by atoms with Crippen LogP contribution in [0.4, 0.5) is 5.82 Å². The molecule has 8 heteroatoms. The molecule has 2 atom stereocenters. The lowest BCUT2D eigenvalue weighted by atomic mass is 10.1. The molecule has 2 N–H and O–H groups in total. The van der Waals surface area contributed by atoms with Crippen molar-refractivity contribution in [3.8, 4) is 0 Å². The number of hydrogen-bond acceptors (Lipinski definition) is 7. The van der Waals surface area contributed by atoms with E-state index in [0.717, 1.165) is 37.5 Å². The van der Waals surface area contributed by atoms with Crippen LogP contribution < -0.4 is 4.90 Å². The Labute approximate surface area is 128 Å². The second-order valence-corrected chi connectivity index (χ2v) is 5.66. The summed E-state index contributed by atoms with van der Waals surface area (Å²) in [6.07, 6.45) is 3.40. The maximum absolute atomic E-state index is 9.60. The first-order valence-corrected chi connectivity index (χ1v) is 7.41. The summed E-state index contributed by atoms with van der Waals surface area (Å²) in [6.45, 7) is 2.54. The standard InChI is InChI=1S/C14H21N5O3/c1-22-7-10-2-3-18(4-10)13-12-14(16-8-15-13)19(9-17-12)5-11(21)6-20/h8-11,20-21H,2-7H2,1H3/t10?,11-/m0/s1. The Morgan fingerprint density at radius 1 is 1.41 bits per heavy atom. The van der Waals surface area contributed by atoms with Gasteiger partial charge in [0.15, 0.2) is 17.0 Å². The van der Waals surface area contributed by atoms with Gasteiger partial charge in [-0.3, -0.25) is 0 Å². The third kappa shape index (κ3) is 2.90. The predicted molar refractivity (Wildman–Crippen MR) is 80.6 cm³/mol. The van der Waals surface area contributed by atoms with Gasteiger partial charge >= 0.3 is 0 Å². The van der Waals surface area contributed by atoms with Crippen molar-refractivity contribution in [2.75, 3.05) is 38.3 Å². The van der Waals surface area contributed by atoms with Crippen molar-refractivity contribution in [2.45, 2.75) is 19.1 Å². The van der Waals surface area contributed by atoms with Crippen LogP contribution in [0.1, 0.15) is 6.42 Å². The minimum absolute atomic E-state index is 0.260. The molecule has 0 amide bonds. The van der Waals surface area contributed by atoms with E-state index in [0.29, 0.717) is 11.6 Å². The number of fused-ring (bicyclic) bond motifs is 1. The second-order valence-electron chi connectivity index (χ2n) is 5.66. The van der Waals surface area contributed by atoms with E-state index in [9.17, 15) is 5.11 Å². The van der Waals surface area contributed by atoms with Gasteiger partial charge in [-0.15, -0.1) is 0 Å². The minimum atomic E-state index is -0.825. The van der Waals surface area contributed by atoms with E-state index in [4.69, 9.17) is 9.84 Å². The van der Waals surface area contributed by atoms with Crippen LogP contribution in [0.25, 0.3) is 11.2 Å². The smallest absolute Gasteiger partial charge is 0.165 e. The van der Waals surface area contributed by atoms with Crippen LogP contribution in [0.15, 0.2) is 12.7 Å². The van der Waals surface area contributed by atoms with Crippen LogP contribution in [-0.4, -0.2) is 69.2 Å². The van der Waals surface area contributed by atoms with Crippen molar-refractivity contribution >= 4 is 17.0 Å². The molecule has 1 aliphatic heterocycles. The SMILES string of the molecule is COCC1CCN(c2ncnc3c2ncn3C[C@H](O)CO)C1. The molecule has 0 aliphatic carbocycles. The Balaban J connectivity index is 1.85. The summed E-state index contributed by atoms with van der Waals surface area (Å²) in [5.41, 5.74) is 1.40. The average molecular weight is 307 g/mol. The Morgan fingerprint density at radius 3 is 3.05 bits per heavy atom. The van der Waals surface area contributed by atoms with Gasteiger partial charge in [0.25, 0.3) is 0 Å². The summed E-state index contributed by atoms with van der Waals surface area (Å²) < 4.78 is 6.97. The lowest BCUT2D eigenvalue weighted by molar-refractivity contribution is 0.0820. The van der Waals surface area contributed by atoms with E-state index in [1.54, 1.807) is 18.0 Å². The van der Waals surface area contributed by atoms with Gasteiger partial charge in [-0.25, -0.2) is 15.0 Å². The van der Waals surface area contributed by atoms with Crippen LogP contribution >= 0.6 is 0 Å². The van der Waals surface area contributed by atoms with Gasteiger partial charge in [0.05, 0.1) is 32.2 Å². The van der Waals surface area contributed by atoms with Crippen LogP contribution in [-0.2, 0) is 11.3 Å². The van der Waals surface area contributed by atoms with Crippen LogP contribution in [0.2, 0.25) is 0 Å². The van der Waals surface area contributed by atoms with Gasteiger partial charge in [0, 0.05) is 26.1 Å². The minimum Gasteiger partial charge on any atom is -0.394 e. The molecule has 1 unspecified atom stereocenters. The molecule has 22 heavy (non-hydrogen) atoms. The number of anilines is 1. The number of aliphatic hydroxyl groups excluding tert-OH is 2. The summed E-state index contributed by atoms with van der Waals surface area (Å²) in [7, 11) is 1.72. The zero-order valence-electron chi connectivity index (χ0n) is 12.6. The predicted octanol–water partition coefficient (Wildman–Crippen LogP) is -0.348. The highest BCUT2D eigenvalue weighted by molar-refractivity contribution is 5.83. The highest BCUT2D eigenvalue weighted by atomic mass is 16.5. The van der Waals surface area contributed by atoms with Crippen LogP contribution in [0.3, 0.4) is 0 Å². The molecule has 0 bridgehead atoms. The zero-order chi connectivity index (χ0) is 15.5. The van der Waals surface area contributed by atoms with Crippen molar-refractivity contribution in [1.29, 1.82) is 0 Å². The number of ether oxygens (including phenoxy) is 1. The largest absolute Gasteiger partial charge is 0.394 e. The molecule has 0 saturated carbocycles. The molecular weight excluding hydrogens is 286 g/mol. The fourth-order valence-electron chi connectivity index (χ4n) is 2.91. The van der Waals surface area contributed by atoms with E-state index in [1.807, 2.05) is 0 Å². The van der Waals surface area contributed by atoms with Crippen LogP contribution in [0, 0.1) is 5.92 Å². The Hall–Kier alpha value is -1.77. The second kappa shape index (κ2) is 6.55. The molecule has 3 heterocycles. The maximum atomic E-state index is 9.60. The first kappa shape index (κ1) is 15.1. The number of aliphatic hydroxyl groups is 2. The van der Waals surface area contributed by atoms with E-state index in [2.05, 4.69) is 19.9 Å². The molecule has 2 aromatic heterocycles. The summed E-state index contributed by atoms with van der Waals surface area (Å²) >= 11 is 0. The molecule has 1 fully saturated rings. The molecule has 120 valence electrons. The molecule has 2 aromatic rings. The fourth-order valence-corrected chi connectivity index (χ4v) is 2.91. The van der Waals surface area contributed by atoms with Gasteiger partial charge in [0.1, 0.15) is 6.33 Å². The first-order valence-electron chi connectivity index (χ1n) is 7.41. The monoisotopic (exact) mass is 307 g/mol. The van der Waals surface area contributed by atoms with E-state index in [1.165, 1.54) is 6.33 Å². The molecule has 8 nitrogen and oxygen atoms in total. The quantitative estimate of drug-likeness (QED) is 0.753. The molecular formula is C14H21N5O3. The van der Waals surface area contributed by atoms with Gasteiger partial charge in [0.2, 0.25) is 0 Å². The van der Waals surface area contributed by atoms with Gasteiger partial charge in [-0.05, 0) is 6.42 Å². The number of methoxy groups -OCH3 is 1. The summed E-state index contributed by atoms with van der Waals surface area (Å²) in [5.74, 6) is 1.33.